The molecule has 16 heavy (non-hydrogen) atoms. The molecule has 0 unspecified atom stereocenters. The lowest BCUT2D eigenvalue weighted by molar-refractivity contribution is 0.764. The summed E-state index contributed by atoms with van der Waals surface area (Å²) in [7, 11) is 0. The molecule has 0 spiro atoms. The molecule has 1 aromatic carbocycles. The van der Waals surface area contributed by atoms with Crippen molar-refractivity contribution < 1.29 is 0 Å². The number of nitrogens with zero attached hydrogens (tertiary/aromatic N) is 2. The Labute approximate surface area is 96.5 Å². The first-order valence-corrected chi connectivity index (χ1v) is 5.82. The van der Waals surface area contributed by atoms with E-state index >= 15 is 0 Å². The van der Waals surface area contributed by atoms with Crippen molar-refractivity contribution in [2.75, 3.05) is 17.2 Å². The topological polar surface area (TPSA) is 53.0 Å². The molecule has 0 saturated heterocycles. The van der Waals surface area contributed by atoms with E-state index in [2.05, 4.69) is 17.9 Å². The molecule has 0 heterocycles. The quantitative estimate of drug-likeness (QED) is 0.785. The Morgan fingerprint density at radius 1 is 1.50 bits per heavy atom. The van der Waals surface area contributed by atoms with Gasteiger partial charge in [0.1, 0.15) is 0 Å². The van der Waals surface area contributed by atoms with Crippen molar-refractivity contribution in [1.82, 2.24) is 0 Å². The number of anilines is 2. The van der Waals surface area contributed by atoms with E-state index in [0.29, 0.717) is 11.6 Å². The highest BCUT2D eigenvalue weighted by Gasteiger charge is 2.29. The van der Waals surface area contributed by atoms with Crippen LogP contribution >= 0.6 is 0 Å². The summed E-state index contributed by atoms with van der Waals surface area (Å²) in [5, 5.41) is 8.91. The second kappa shape index (κ2) is 4.44. The van der Waals surface area contributed by atoms with Crippen LogP contribution in [0, 0.1) is 11.3 Å². The average molecular weight is 215 g/mol. The molecule has 1 saturated carbocycles. The van der Waals surface area contributed by atoms with Crippen LogP contribution in [0.15, 0.2) is 18.2 Å². The highest BCUT2D eigenvalue weighted by molar-refractivity contribution is 5.70. The molecular formula is C13H17N3. The second-order valence-corrected chi connectivity index (χ2v) is 4.31. The molecule has 2 rings (SSSR count). The predicted octanol–water partition coefficient (Wildman–Crippen LogP) is 2.52. The van der Waals surface area contributed by atoms with Gasteiger partial charge < -0.3 is 10.6 Å². The van der Waals surface area contributed by atoms with E-state index in [1.165, 1.54) is 12.8 Å². The molecule has 1 aliphatic carbocycles. The Morgan fingerprint density at radius 3 is 2.81 bits per heavy atom. The van der Waals surface area contributed by atoms with E-state index in [4.69, 9.17) is 11.0 Å². The molecule has 3 nitrogen and oxygen atoms in total. The summed E-state index contributed by atoms with van der Waals surface area (Å²) in [6.45, 7) is 3.18. The van der Waals surface area contributed by atoms with Gasteiger partial charge in [0, 0.05) is 12.6 Å². The lowest BCUT2D eigenvalue weighted by atomic mass is 10.1. The zero-order chi connectivity index (χ0) is 11.5. The molecule has 1 fully saturated rings. The third-order valence-electron chi connectivity index (χ3n) is 2.92. The van der Waals surface area contributed by atoms with Crippen molar-refractivity contribution in [2.24, 2.45) is 0 Å². The molecule has 1 aromatic rings. The molecule has 0 aromatic heterocycles. The van der Waals surface area contributed by atoms with Gasteiger partial charge in [-0.3, -0.25) is 0 Å². The lowest BCUT2D eigenvalue weighted by Crippen LogP contribution is -2.27. The number of hydrogen-bond acceptors (Lipinski definition) is 3. The SMILES string of the molecule is CCCN(c1cc(C#N)ccc1N)C1CC1. The Balaban J connectivity index is 2.32. The number of nitrogen functional groups attached to an aromatic ring is 1. The molecule has 0 amide bonds. The van der Waals surface area contributed by atoms with E-state index in [9.17, 15) is 0 Å². The minimum absolute atomic E-state index is 0.635. The standard InChI is InChI=1S/C13H17N3/c1-2-7-16(11-4-5-11)13-8-10(9-14)3-6-12(13)15/h3,6,8,11H,2,4-5,7,15H2,1H3. The van der Waals surface area contributed by atoms with Crippen molar-refractivity contribution in [3.63, 3.8) is 0 Å². The van der Waals surface area contributed by atoms with Gasteiger partial charge in [0.05, 0.1) is 23.0 Å². The van der Waals surface area contributed by atoms with Gasteiger partial charge in [-0.1, -0.05) is 6.92 Å². The minimum atomic E-state index is 0.635. The smallest absolute Gasteiger partial charge is 0.0992 e. The zero-order valence-corrected chi connectivity index (χ0v) is 9.61. The van der Waals surface area contributed by atoms with Crippen LogP contribution in [0.1, 0.15) is 31.7 Å². The van der Waals surface area contributed by atoms with Gasteiger partial charge in [0.2, 0.25) is 0 Å². The highest BCUT2D eigenvalue weighted by atomic mass is 15.2. The van der Waals surface area contributed by atoms with Crippen LogP contribution in [0.3, 0.4) is 0 Å². The largest absolute Gasteiger partial charge is 0.397 e. The molecule has 0 atom stereocenters. The zero-order valence-electron chi connectivity index (χ0n) is 9.61. The predicted molar refractivity (Wildman–Crippen MR) is 66.2 cm³/mol. The Hall–Kier alpha value is -1.69. The normalized spacial score (nSPS) is 14.5. The third kappa shape index (κ3) is 2.11. The number of rotatable bonds is 4. The summed E-state index contributed by atoms with van der Waals surface area (Å²) in [6, 6.07) is 8.32. The molecular weight excluding hydrogens is 198 g/mol. The van der Waals surface area contributed by atoms with E-state index in [1.54, 1.807) is 6.07 Å². The van der Waals surface area contributed by atoms with Crippen LogP contribution < -0.4 is 10.6 Å². The van der Waals surface area contributed by atoms with Crippen molar-refractivity contribution in [3.05, 3.63) is 23.8 Å². The number of benzene rings is 1. The maximum absolute atomic E-state index is 8.91. The summed E-state index contributed by atoms with van der Waals surface area (Å²) in [5.41, 5.74) is 8.48. The fraction of sp³-hybridized carbons (Fsp3) is 0.462. The fourth-order valence-electron chi connectivity index (χ4n) is 1.99. The van der Waals surface area contributed by atoms with Crippen LogP contribution in [0.25, 0.3) is 0 Å². The van der Waals surface area contributed by atoms with Gasteiger partial charge in [0.15, 0.2) is 0 Å². The van der Waals surface area contributed by atoms with Crippen LogP contribution in [0.2, 0.25) is 0 Å². The van der Waals surface area contributed by atoms with Crippen molar-refractivity contribution in [1.29, 1.82) is 5.26 Å². The van der Waals surface area contributed by atoms with Gasteiger partial charge in [0.25, 0.3) is 0 Å². The van der Waals surface area contributed by atoms with Crippen molar-refractivity contribution >= 4 is 11.4 Å². The van der Waals surface area contributed by atoms with Gasteiger partial charge in [-0.15, -0.1) is 0 Å². The van der Waals surface area contributed by atoms with Gasteiger partial charge >= 0.3 is 0 Å². The molecule has 0 radical (unpaired) electrons. The Kier molecular flexibility index (Phi) is 3.00. The van der Waals surface area contributed by atoms with Crippen molar-refractivity contribution in [3.8, 4) is 6.07 Å². The molecule has 3 heteroatoms. The monoisotopic (exact) mass is 215 g/mol. The van der Waals surface area contributed by atoms with Gasteiger partial charge in [-0.25, -0.2) is 0 Å². The van der Waals surface area contributed by atoms with Crippen LogP contribution in [-0.4, -0.2) is 12.6 Å². The molecule has 0 aliphatic heterocycles. The van der Waals surface area contributed by atoms with E-state index in [1.807, 2.05) is 12.1 Å². The first kappa shape index (κ1) is 10.8. The third-order valence-corrected chi connectivity index (χ3v) is 2.92. The van der Waals surface area contributed by atoms with E-state index in [0.717, 1.165) is 24.3 Å². The summed E-state index contributed by atoms with van der Waals surface area (Å²) in [4.78, 5) is 2.34. The maximum atomic E-state index is 8.91. The summed E-state index contributed by atoms with van der Waals surface area (Å²) >= 11 is 0. The second-order valence-electron chi connectivity index (χ2n) is 4.31. The Bertz CT molecular complexity index is 416. The molecule has 0 bridgehead atoms. The fourth-order valence-corrected chi connectivity index (χ4v) is 1.99. The number of nitrogens with two attached hydrogens (primary N) is 1. The van der Waals surface area contributed by atoms with Gasteiger partial charge in [-0.05, 0) is 37.5 Å². The van der Waals surface area contributed by atoms with Gasteiger partial charge in [-0.2, -0.15) is 5.26 Å². The lowest BCUT2D eigenvalue weighted by Gasteiger charge is -2.25. The maximum Gasteiger partial charge on any atom is 0.0992 e. The minimum Gasteiger partial charge on any atom is -0.397 e. The molecule has 2 N–H and O–H groups in total. The molecule has 84 valence electrons. The highest BCUT2D eigenvalue weighted by Crippen LogP contribution is 2.35. The summed E-state index contributed by atoms with van der Waals surface area (Å²) in [5.74, 6) is 0. The average Bonchev–Trinajstić information content (AvgIpc) is 3.11. The van der Waals surface area contributed by atoms with Crippen LogP contribution in [0.4, 0.5) is 11.4 Å². The summed E-state index contributed by atoms with van der Waals surface area (Å²) in [6.07, 6.45) is 3.60. The summed E-state index contributed by atoms with van der Waals surface area (Å²) < 4.78 is 0. The molecule has 1 aliphatic rings. The van der Waals surface area contributed by atoms with Crippen molar-refractivity contribution in [2.45, 2.75) is 32.2 Å². The van der Waals surface area contributed by atoms with E-state index < -0.39 is 0 Å². The van der Waals surface area contributed by atoms with E-state index in [-0.39, 0.29) is 0 Å². The van der Waals surface area contributed by atoms with Crippen LogP contribution in [-0.2, 0) is 0 Å². The Morgan fingerprint density at radius 2 is 2.25 bits per heavy atom. The first-order valence-electron chi connectivity index (χ1n) is 5.82. The number of nitriles is 1. The first-order chi connectivity index (χ1) is 7.76. The van der Waals surface area contributed by atoms with Crippen LogP contribution in [0.5, 0.6) is 0 Å². The number of hydrogen-bond donors (Lipinski definition) is 1.